The average molecular weight is 402 g/mol. The number of nitro groups is 1. The van der Waals surface area contributed by atoms with Crippen LogP contribution in [0.3, 0.4) is 0 Å². The Bertz CT molecular complexity index is 1230. The summed E-state index contributed by atoms with van der Waals surface area (Å²) >= 11 is 0. The van der Waals surface area contributed by atoms with Gasteiger partial charge >= 0.3 is 5.69 Å². The van der Waals surface area contributed by atoms with Gasteiger partial charge in [-0.3, -0.25) is 35.7 Å². The van der Waals surface area contributed by atoms with Crippen molar-refractivity contribution in [2.24, 2.45) is 0 Å². The van der Waals surface area contributed by atoms with Crippen LogP contribution in [0.5, 0.6) is 0 Å². The van der Waals surface area contributed by atoms with Gasteiger partial charge < -0.3 is 5.32 Å². The maximum absolute atomic E-state index is 12.2. The van der Waals surface area contributed by atoms with E-state index in [2.05, 4.69) is 36.1 Å². The zero-order chi connectivity index (χ0) is 20.9. The fourth-order valence-corrected chi connectivity index (χ4v) is 2.77. The molecule has 0 saturated heterocycles. The number of benzene rings is 1. The molecule has 3 heterocycles. The van der Waals surface area contributed by atoms with Crippen LogP contribution in [0.4, 0.5) is 23.0 Å². The molecule has 4 aromatic rings. The van der Waals surface area contributed by atoms with Gasteiger partial charge in [-0.2, -0.15) is 0 Å². The normalized spacial score (nSPS) is 10.4. The van der Waals surface area contributed by atoms with E-state index in [4.69, 9.17) is 0 Å². The molecule has 30 heavy (non-hydrogen) atoms. The van der Waals surface area contributed by atoms with Gasteiger partial charge in [0.1, 0.15) is 6.33 Å². The first-order valence-electron chi connectivity index (χ1n) is 8.70. The molecule has 0 aliphatic heterocycles. The van der Waals surface area contributed by atoms with Crippen molar-refractivity contribution in [1.29, 1.82) is 0 Å². The van der Waals surface area contributed by atoms with Gasteiger partial charge in [-0.1, -0.05) is 6.07 Å². The van der Waals surface area contributed by atoms with Gasteiger partial charge in [0.15, 0.2) is 0 Å². The molecule has 0 atom stereocenters. The maximum atomic E-state index is 12.2. The van der Waals surface area contributed by atoms with Gasteiger partial charge in [0.05, 0.1) is 10.4 Å². The number of rotatable bonds is 6. The van der Waals surface area contributed by atoms with Crippen molar-refractivity contribution in [3.05, 3.63) is 83.1 Å². The van der Waals surface area contributed by atoms with E-state index in [-0.39, 0.29) is 11.6 Å². The first kappa shape index (κ1) is 18.7. The predicted octanol–water partition coefficient (Wildman–Crippen LogP) is 2.83. The molecule has 0 radical (unpaired) electrons. The number of hydrogen-bond acceptors (Lipinski definition) is 9. The van der Waals surface area contributed by atoms with E-state index in [1.165, 1.54) is 24.5 Å². The Morgan fingerprint density at radius 1 is 0.933 bits per heavy atom. The van der Waals surface area contributed by atoms with E-state index in [1.54, 1.807) is 24.4 Å². The van der Waals surface area contributed by atoms with Crippen LogP contribution in [-0.4, -0.2) is 30.8 Å². The minimum atomic E-state index is -0.632. The standard InChI is InChI=1S/C19H14N8O3/c28-19(12-6-9-20-10-7-12)26-25-18-16(27(29)30)17(22-11-23-18)24-15-5-1-4-14-13(15)3-2-8-21-14/h1-11H,(H,26,28)(H2,22,23,24,25). The van der Waals surface area contributed by atoms with Gasteiger partial charge in [0, 0.05) is 35.2 Å². The molecule has 0 aliphatic carbocycles. The topological polar surface area (TPSA) is 148 Å². The molecule has 0 unspecified atom stereocenters. The van der Waals surface area contributed by atoms with Gasteiger partial charge in [0.25, 0.3) is 5.91 Å². The molecule has 3 N–H and O–H groups in total. The molecule has 148 valence electrons. The second-order valence-electron chi connectivity index (χ2n) is 5.99. The van der Waals surface area contributed by atoms with Gasteiger partial charge in [0.2, 0.25) is 11.6 Å². The van der Waals surface area contributed by atoms with Crippen LogP contribution in [0.25, 0.3) is 10.9 Å². The highest BCUT2D eigenvalue weighted by Gasteiger charge is 2.24. The maximum Gasteiger partial charge on any atom is 0.355 e. The molecule has 0 fully saturated rings. The summed E-state index contributed by atoms with van der Waals surface area (Å²) in [5.41, 5.74) is 6.10. The number of carbonyl (C=O) groups is 1. The second-order valence-corrected chi connectivity index (χ2v) is 5.99. The number of hydrazine groups is 1. The molecule has 0 spiro atoms. The Morgan fingerprint density at radius 3 is 2.53 bits per heavy atom. The minimum Gasteiger partial charge on any atom is -0.334 e. The van der Waals surface area contributed by atoms with E-state index < -0.39 is 16.5 Å². The lowest BCUT2D eigenvalue weighted by Gasteiger charge is -2.12. The van der Waals surface area contributed by atoms with E-state index in [0.717, 1.165) is 17.2 Å². The lowest BCUT2D eigenvalue weighted by molar-refractivity contribution is -0.383. The number of aromatic nitrogens is 4. The van der Waals surface area contributed by atoms with Crippen LogP contribution in [0, 0.1) is 10.1 Å². The van der Waals surface area contributed by atoms with Crippen molar-refractivity contribution in [2.75, 3.05) is 10.7 Å². The molecule has 0 bridgehead atoms. The number of nitrogens with zero attached hydrogens (tertiary/aromatic N) is 5. The fourth-order valence-electron chi connectivity index (χ4n) is 2.77. The molecule has 11 heteroatoms. The lowest BCUT2D eigenvalue weighted by Crippen LogP contribution is -2.30. The Labute approximate surface area is 169 Å². The summed E-state index contributed by atoms with van der Waals surface area (Å²) in [6, 6.07) is 12.0. The van der Waals surface area contributed by atoms with Gasteiger partial charge in [-0.05, 0) is 36.4 Å². The first-order valence-corrected chi connectivity index (χ1v) is 8.70. The van der Waals surface area contributed by atoms with Crippen molar-refractivity contribution < 1.29 is 9.72 Å². The third-order valence-electron chi connectivity index (χ3n) is 4.14. The molecular weight excluding hydrogens is 388 g/mol. The smallest absolute Gasteiger partial charge is 0.334 e. The third-order valence-corrected chi connectivity index (χ3v) is 4.14. The van der Waals surface area contributed by atoms with E-state index in [1.807, 2.05) is 12.1 Å². The van der Waals surface area contributed by atoms with Crippen LogP contribution < -0.4 is 16.2 Å². The highest BCUT2D eigenvalue weighted by atomic mass is 16.6. The molecule has 3 aromatic heterocycles. The molecule has 1 aromatic carbocycles. The lowest BCUT2D eigenvalue weighted by atomic mass is 10.2. The van der Waals surface area contributed by atoms with E-state index >= 15 is 0 Å². The molecular formula is C19H14N8O3. The summed E-state index contributed by atoms with van der Waals surface area (Å²) in [5.74, 6) is -0.703. The zero-order valence-corrected chi connectivity index (χ0v) is 15.3. The van der Waals surface area contributed by atoms with Gasteiger partial charge in [-0.15, -0.1) is 0 Å². The summed E-state index contributed by atoms with van der Waals surface area (Å²) < 4.78 is 0. The third kappa shape index (κ3) is 3.80. The van der Waals surface area contributed by atoms with Crippen LogP contribution in [0.15, 0.2) is 67.4 Å². The van der Waals surface area contributed by atoms with Crippen LogP contribution >= 0.6 is 0 Å². The number of carbonyl (C=O) groups excluding carboxylic acids is 1. The summed E-state index contributed by atoms with van der Waals surface area (Å²) in [6.07, 6.45) is 5.73. The SMILES string of the molecule is O=C(NNc1ncnc(Nc2cccc3ncccc23)c1[N+](=O)[O-])c1ccncc1. The summed E-state index contributed by atoms with van der Waals surface area (Å²) in [5, 5.41) is 15.5. The molecule has 1 amide bonds. The monoisotopic (exact) mass is 402 g/mol. The largest absolute Gasteiger partial charge is 0.355 e. The number of pyridine rings is 2. The Morgan fingerprint density at radius 2 is 1.73 bits per heavy atom. The van der Waals surface area contributed by atoms with Crippen molar-refractivity contribution in [1.82, 2.24) is 25.4 Å². The van der Waals surface area contributed by atoms with Crippen LogP contribution in [0.2, 0.25) is 0 Å². The van der Waals surface area contributed by atoms with Crippen LogP contribution in [-0.2, 0) is 0 Å². The van der Waals surface area contributed by atoms with Crippen molar-refractivity contribution in [2.45, 2.75) is 0 Å². The zero-order valence-electron chi connectivity index (χ0n) is 15.3. The first-order chi connectivity index (χ1) is 14.6. The predicted molar refractivity (Wildman–Crippen MR) is 109 cm³/mol. The number of amides is 1. The van der Waals surface area contributed by atoms with Crippen molar-refractivity contribution in [3.63, 3.8) is 0 Å². The number of anilines is 3. The summed E-state index contributed by atoms with van der Waals surface area (Å²) in [7, 11) is 0. The molecule has 0 aliphatic rings. The Kier molecular flexibility index (Phi) is 5.07. The molecule has 0 saturated carbocycles. The van der Waals surface area contributed by atoms with Crippen molar-refractivity contribution >= 4 is 39.8 Å². The quantitative estimate of drug-likeness (QED) is 0.327. The minimum absolute atomic E-state index is 0.0352. The second kappa shape index (κ2) is 8.14. The number of fused-ring (bicyclic) bond motifs is 1. The van der Waals surface area contributed by atoms with E-state index in [0.29, 0.717) is 11.3 Å². The fraction of sp³-hybridized carbons (Fsp3) is 0. The molecule has 4 rings (SSSR count). The highest BCUT2D eigenvalue weighted by Crippen LogP contribution is 2.32. The Balaban J connectivity index is 1.63. The van der Waals surface area contributed by atoms with E-state index in [9.17, 15) is 14.9 Å². The van der Waals surface area contributed by atoms with Crippen molar-refractivity contribution in [3.8, 4) is 0 Å². The number of nitrogens with one attached hydrogen (secondary N) is 3. The summed E-state index contributed by atoms with van der Waals surface area (Å²) in [6.45, 7) is 0. The average Bonchev–Trinajstić information content (AvgIpc) is 2.78. The summed E-state index contributed by atoms with van der Waals surface area (Å²) in [4.78, 5) is 39.3. The highest BCUT2D eigenvalue weighted by molar-refractivity contribution is 5.95. The Hall–Kier alpha value is -4.67. The number of hydrogen-bond donors (Lipinski definition) is 3. The molecule has 11 nitrogen and oxygen atoms in total. The van der Waals surface area contributed by atoms with Gasteiger partial charge in [-0.25, -0.2) is 9.97 Å². The van der Waals surface area contributed by atoms with Crippen LogP contribution in [0.1, 0.15) is 10.4 Å².